The van der Waals surface area contributed by atoms with Gasteiger partial charge in [-0.05, 0) is 104 Å². The summed E-state index contributed by atoms with van der Waals surface area (Å²) in [6.07, 6.45) is 26.3. The molecule has 1 atom stereocenters. The van der Waals surface area contributed by atoms with Gasteiger partial charge in [0, 0.05) is 0 Å². The van der Waals surface area contributed by atoms with Crippen LogP contribution in [0.3, 0.4) is 0 Å². The van der Waals surface area contributed by atoms with Crippen molar-refractivity contribution >= 4 is 0 Å². The molecule has 0 saturated heterocycles. The minimum atomic E-state index is 0.582. The SMILES string of the molecule is C=CC(/C(/C=C/CCC)=C/C(CC(C)CCN)=C(\C)CCC)=C(\C=C(CC)\C(=C\CC)CCC)CC. The molecule has 0 rings (SSSR count). The Bertz CT molecular complexity index is 810. The lowest BCUT2D eigenvalue weighted by atomic mass is 9.88. The topological polar surface area (TPSA) is 26.0 Å². The summed E-state index contributed by atoms with van der Waals surface area (Å²) in [5, 5.41) is 0. The van der Waals surface area contributed by atoms with E-state index in [9.17, 15) is 0 Å². The van der Waals surface area contributed by atoms with Crippen molar-refractivity contribution in [2.75, 3.05) is 6.54 Å². The first-order valence-electron chi connectivity index (χ1n) is 14.9. The molecule has 0 spiro atoms. The summed E-state index contributed by atoms with van der Waals surface area (Å²) in [6.45, 7) is 23.3. The van der Waals surface area contributed by atoms with Crippen molar-refractivity contribution in [1.82, 2.24) is 0 Å². The zero-order valence-corrected chi connectivity index (χ0v) is 25.3. The molecule has 0 aliphatic heterocycles. The molecule has 0 aromatic heterocycles. The molecule has 1 heteroatoms. The number of hydrogen-bond donors (Lipinski definition) is 1. The van der Waals surface area contributed by atoms with E-state index >= 15 is 0 Å². The molecule has 0 aromatic rings. The van der Waals surface area contributed by atoms with Crippen LogP contribution in [-0.2, 0) is 0 Å². The third-order valence-electron chi connectivity index (χ3n) is 6.84. The number of hydrogen-bond acceptors (Lipinski definition) is 1. The van der Waals surface area contributed by atoms with Gasteiger partial charge in [-0.3, -0.25) is 0 Å². The van der Waals surface area contributed by atoms with Crippen LogP contribution in [-0.4, -0.2) is 6.54 Å². The van der Waals surface area contributed by atoms with Gasteiger partial charge in [0.1, 0.15) is 0 Å². The highest BCUT2D eigenvalue weighted by Gasteiger charge is 2.12. The first-order valence-corrected chi connectivity index (χ1v) is 14.9. The van der Waals surface area contributed by atoms with Crippen molar-refractivity contribution in [3.63, 3.8) is 0 Å². The highest BCUT2D eigenvalue weighted by atomic mass is 14.5. The third kappa shape index (κ3) is 12.9. The van der Waals surface area contributed by atoms with Crippen molar-refractivity contribution in [2.45, 2.75) is 126 Å². The smallest absolute Gasteiger partial charge is 0.00746 e. The molecular weight excluding hydrogens is 434 g/mol. The van der Waals surface area contributed by atoms with Crippen molar-refractivity contribution in [1.29, 1.82) is 0 Å². The van der Waals surface area contributed by atoms with Gasteiger partial charge in [0.15, 0.2) is 0 Å². The maximum Gasteiger partial charge on any atom is -0.00746 e. The molecular formula is C35H59N. The van der Waals surface area contributed by atoms with E-state index in [0.29, 0.717) is 5.92 Å². The van der Waals surface area contributed by atoms with Crippen LogP contribution >= 0.6 is 0 Å². The van der Waals surface area contributed by atoms with E-state index < -0.39 is 0 Å². The summed E-state index contributed by atoms with van der Waals surface area (Å²) in [5.41, 5.74) is 15.8. The summed E-state index contributed by atoms with van der Waals surface area (Å²) in [5.74, 6) is 0.582. The van der Waals surface area contributed by atoms with Gasteiger partial charge in [0.25, 0.3) is 0 Å². The lowest BCUT2D eigenvalue weighted by molar-refractivity contribution is 0.537. The lowest BCUT2D eigenvalue weighted by Crippen LogP contribution is -2.07. The highest BCUT2D eigenvalue weighted by molar-refractivity contribution is 5.55. The summed E-state index contributed by atoms with van der Waals surface area (Å²) >= 11 is 0. The molecule has 0 aliphatic rings. The average molecular weight is 494 g/mol. The van der Waals surface area contributed by atoms with E-state index in [2.05, 4.69) is 98.4 Å². The maximum atomic E-state index is 5.90. The van der Waals surface area contributed by atoms with E-state index in [4.69, 9.17) is 5.73 Å². The van der Waals surface area contributed by atoms with Crippen molar-refractivity contribution in [3.05, 3.63) is 82.0 Å². The van der Waals surface area contributed by atoms with E-state index in [1.54, 1.807) is 0 Å². The Morgan fingerprint density at radius 2 is 1.56 bits per heavy atom. The predicted molar refractivity (Wildman–Crippen MR) is 166 cm³/mol. The van der Waals surface area contributed by atoms with Crippen LogP contribution in [0.15, 0.2) is 82.0 Å². The van der Waals surface area contributed by atoms with Gasteiger partial charge < -0.3 is 5.73 Å². The molecule has 1 nitrogen and oxygen atoms in total. The predicted octanol–water partition coefficient (Wildman–Crippen LogP) is 11.1. The van der Waals surface area contributed by atoms with Crippen molar-refractivity contribution < 1.29 is 0 Å². The van der Waals surface area contributed by atoms with Gasteiger partial charge in [-0.2, -0.15) is 0 Å². The van der Waals surface area contributed by atoms with Gasteiger partial charge in [0.05, 0.1) is 0 Å². The zero-order valence-electron chi connectivity index (χ0n) is 25.3. The first-order chi connectivity index (χ1) is 17.4. The van der Waals surface area contributed by atoms with Gasteiger partial charge in [0.2, 0.25) is 0 Å². The standard InChI is InChI=1S/C35H59N/c1-10-17-18-22-33(27-34(29(9)19-11-2)25-28(8)23-24-36)35(16-7)31(15-6)26-30(14-5)32(20-12-3)21-13-4/h16,18,20,22,26-28H,7,10-15,17,19,21,23-25,36H2,1-6,8-9H3/b22-18+,30-26+,32-20+,33-27+,34-29+,35-31+. The Balaban J connectivity index is 7.04. The van der Waals surface area contributed by atoms with E-state index in [-0.39, 0.29) is 0 Å². The quantitative estimate of drug-likeness (QED) is 0.178. The third-order valence-corrected chi connectivity index (χ3v) is 6.84. The Morgan fingerprint density at radius 1 is 0.861 bits per heavy atom. The summed E-state index contributed by atoms with van der Waals surface area (Å²) in [7, 11) is 0. The molecule has 0 radical (unpaired) electrons. The lowest BCUT2D eigenvalue weighted by Gasteiger charge is -2.18. The maximum absolute atomic E-state index is 5.90. The Hall–Kier alpha value is -1.86. The van der Waals surface area contributed by atoms with Crippen LogP contribution in [0.2, 0.25) is 0 Å². The minimum Gasteiger partial charge on any atom is -0.330 e. The molecule has 0 aliphatic carbocycles. The van der Waals surface area contributed by atoms with E-state index in [1.807, 2.05) is 0 Å². The Labute approximate surface area is 226 Å². The molecule has 0 aromatic carbocycles. The molecule has 204 valence electrons. The number of allylic oxidation sites excluding steroid dienone is 13. The second-order valence-electron chi connectivity index (χ2n) is 10.1. The van der Waals surface area contributed by atoms with E-state index in [0.717, 1.165) is 64.3 Å². The molecule has 0 heterocycles. The second-order valence-corrected chi connectivity index (χ2v) is 10.1. The Kier molecular flexibility index (Phi) is 20.1. The normalized spacial score (nSPS) is 15.8. The van der Waals surface area contributed by atoms with Crippen molar-refractivity contribution in [2.24, 2.45) is 11.7 Å². The largest absolute Gasteiger partial charge is 0.330 e. The molecule has 0 amide bonds. The fourth-order valence-corrected chi connectivity index (χ4v) is 4.78. The summed E-state index contributed by atoms with van der Waals surface area (Å²) in [4.78, 5) is 0. The number of unbranched alkanes of at least 4 members (excludes halogenated alkanes) is 1. The molecule has 1 unspecified atom stereocenters. The van der Waals surface area contributed by atoms with Crippen LogP contribution in [0.5, 0.6) is 0 Å². The van der Waals surface area contributed by atoms with E-state index in [1.165, 1.54) is 51.9 Å². The Morgan fingerprint density at radius 3 is 2.06 bits per heavy atom. The van der Waals surface area contributed by atoms with Gasteiger partial charge in [-0.1, -0.05) is 116 Å². The number of nitrogens with two attached hydrogens (primary N) is 1. The van der Waals surface area contributed by atoms with Crippen LogP contribution < -0.4 is 5.73 Å². The average Bonchev–Trinajstić information content (AvgIpc) is 2.86. The fourth-order valence-electron chi connectivity index (χ4n) is 4.78. The molecule has 2 N–H and O–H groups in total. The van der Waals surface area contributed by atoms with Gasteiger partial charge >= 0.3 is 0 Å². The molecule has 0 fully saturated rings. The molecule has 0 bridgehead atoms. The second kappa shape index (κ2) is 21.2. The summed E-state index contributed by atoms with van der Waals surface area (Å²) < 4.78 is 0. The molecule has 36 heavy (non-hydrogen) atoms. The van der Waals surface area contributed by atoms with Crippen LogP contribution in [0.4, 0.5) is 0 Å². The van der Waals surface area contributed by atoms with Crippen LogP contribution in [0.1, 0.15) is 126 Å². The number of rotatable bonds is 19. The van der Waals surface area contributed by atoms with Crippen molar-refractivity contribution in [3.8, 4) is 0 Å². The fraction of sp³-hybridized carbons (Fsp3) is 0.600. The summed E-state index contributed by atoms with van der Waals surface area (Å²) in [6, 6.07) is 0. The van der Waals surface area contributed by atoms with Gasteiger partial charge in [-0.15, -0.1) is 0 Å². The molecule has 0 saturated carbocycles. The monoisotopic (exact) mass is 493 g/mol. The minimum absolute atomic E-state index is 0.582. The van der Waals surface area contributed by atoms with Crippen LogP contribution in [0, 0.1) is 5.92 Å². The van der Waals surface area contributed by atoms with Crippen LogP contribution in [0.25, 0.3) is 0 Å². The first kappa shape index (κ1) is 34.1. The zero-order chi connectivity index (χ0) is 27.3. The van der Waals surface area contributed by atoms with Gasteiger partial charge in [-0.25, -0.2) is 0 Å². The highest BCUT2D eigenvalue weighted by Crippen LogP contribution is 2.30.